The maximum Gasteiger partial charge on any atom is 0.227 e. The van der Waals surface area contributed by atoms with Gasteiger partial charge in [0.25, 0.3) is 0 Å². The molecule has 0 bridgehead atoms. The Kier molecular flexibility index (Phi) is 3.66. The molecule has 3 N–H and O–H groups in total. The molecule has 1 unspecified atom stereocenters. The lowest BCUT2D eigenvalue weighted by atomic mass is 9.84. The van der Waals surface area contributed by atoms with Crippen molar-refractivity contribution in [2.24, 2.45) is 11.1 Å². The number of para-hydroxylation sites is 1. The number of hydrogen-bond acceptors (Lipinski definition) is 3. The molecule has 1 aliphatic carbocycles. The van der Waals surface area contributed by atoms with Gasteiger partial charge in [0, 0.05) is 18.5 Å². The lowest BCUT2D eigenvalue weighted by molar-refractivity contribution is -0.131. The minimum absolute atomic E-state index is 0.0523. The Morgan fingerprint density at radius 2 is 2.10 bits per heavy atom. The van der Waals surface area contributed by atoms with Gasteiger partial charge in [-0.25, -0.2) is 0 Å². The molecule has 1 aromatic rings. The Labute approximate surface area is 119 Å². The van der Waals surface area contributed by atoms with Gasteiger partial charge in [-0.1, -0.05) is 31.0 Å². The van der Waals surface area contributed by atoms with Gasteiger partial charge in [0.1, 0.15) is 5.75 Å². The van der Waals surface area contributed by atoms with E-state index in [0.717, 1.165) is 43.4 Å². The molecule has 4 nitrogen and oxygen atoms in total. The summed E-state index contributed by atoms with van der Waals surface area (Å²) in [4.78, 5) is 12.6. The van der Waals surface area contributed by atoms with Crippen LogP contribution < -0.4 is 15.8 Å². The van der Waals surface area contributed by atoms with Crippen LogP contribution in [0.15, 0.2) is 24.3 Å². The van der Waals surface area contributed by atoms with Gasteiger partial charge < -0.3 is 15.8 Å². The van der Waals surface area contributed by atoms with E-state index in [1.54, 1.807) is 0 Å². The molecule has 0 spiro atoms. The summed E-state index contributed by atoms with van der Waals surface area (Å²) in [6.07, 6.45) is 4.87. The van der Waals surface area contributed by atoms with Crippen LogP contribution in [0.25, 0.3) is 0 Å². The molecular weight excluding hydrogens is 252 g/mol. The summed E-state index contributed by atoms with van der Waals surface area (Å²) in [6, 6.07) is 7.99. The molecule has 1 aromatic carbocycles. The smallest absolute Gasteiger partial charge is 0.227 e. The van der Waals surface area contributed by atoms with Crippen molar-refractivity contribution in [1.82, 2.24) is 5.32 Å². The average Bonchev–Trinajstić information content (AvgIpc) is 2.98. The fourth-order valence-electron chi connectivity index (χ4n) is 3.38. The number of carbonyl (C=O) groups is 1. The summed E-state index contributed by atoms with van der Waals surface area (Å²) in [5.74, 6) is 1.01. The second kappa shape index (κ2) is 5.44. The molecule has 1 heterocycles. The van der Waals surface area contributed by atoms with E-state index in [1.165, 1.54) is 0 Å². The van der Waals surface area contributed by atoms with E-state index in [1.807, 2.05) is 24.3 Å². The molecule has 4 heteroatoms. The van der Waals surface area contributed by atoms with Gasteiger partial charge in [0.15, 0.2) is 0 Å². The number of benzene rings is 1. The van der Waals surface area contributed by atoms with Gasteiger partial charge in [-0.2, -0.15) is 0 Å². The van der Waals surface area contributed by atoms with Gasteiger partial charge >= 0.3 is 0 Å². The van der Waals surface area contributed by atoms with E-state index in [9.17, 15) is 4.79 Å². The Balaban J connectivity index is 1.77. The summed E-state index contributed by atoms with van der Waals surface area (Å²) in [5.41, 5.74) is 6.62. The van der Waals surface area contributed by atoms with Crippen LogP contribution in [-0.2, 0) is 4.79 Å². The molecule has 0 saturated heterocycles. The maximum atomic E-state index is 12.6. The Bertz CT molecular complexity index is 495. The minimum atomic E-state index is -0.340. The standard InChI is InChI=1S/C16H22N2O2/c17-11-16(8-3-4-9-16)15(19)18-13-7-10-20-14-6-2-1-5-12(13)14/h1-2,5-6,13H,3-4,7-11,17H2,(H,18,19). The van der Waals surface area contributed by atoms with E-state index in [-0.39, 0.29) is 17.4 Å². The van der Waals surface area contributed by atoms with Gasteiger partial charge in [-0.15, -0.1) is 0 Å². The topological polar surface area (TPSA) is 64.4 Å². The quantitative estimate of drug-likeness (QED) is 0.887. The molecule has 20 heavy (non-hydrogen) atoms. The van der Waals surface area contributed by atoms with Crippen molar-refractivity contribution in [2.45, 2.75) is 38.1 Å². The first kappa shape index (κ1) is 13.4. The normalized spacial score (nSPS) is 23.8. The zero-order valence-electron chi connectivity index (χ0n) is 11.7. The van der Waals surface area contributed by atoms with Crippen LogP contribution in [0.4, 0.5) is 0 Å². The monoisotopic (exact) mass is 274 g/mol. The van der Waals surface area contributed by atoms with E-state index < -0.39 is 0 Å². The molecule has 3 rings (SSSR count). The summed E-state index contributed by atoms with van der Waals surface area (Å²) < 4.78 is 5.64. The molecule has 0 aromatic heterocycles. The average molecular weight is 274 g/mol. The Hall–Kier alpha value is -1.55. The van der Waals surface area contributed by atoms with E-state index >= 15 is 0 Å². The Morgan fingerprint density at radius 1 is 1.35 bits per heavy atom. The molecule has 1 amide bonds. The number of hydrogen-bond donors (Lipinski definition) is 2. The molecule has 1 atom stereocenters. The van der Waals surface area contributed by atoms with Gasteiger partial charge in [-0.05, 0) is 18.9 Å². The number of ether oxygens (including phenoxy) is 1. The summed E-state index contributed by atoms with van der Waals surface area (Å²) in [6.45, 7) is 1.10. The maximum absolute atomic E-state index is 12.6. The molecular formula is C16H22N2O2. The second-order valence-electron chi connectivity index (χ2n) is 5.89. The zero-order chi connectivity index (χ0) is 14.0. The van der Waals surface area contributed by atoms with Gasteiger partial charge in [0.05, 0.1) is 18.1 Å². The van der Waals surface area contributed by atoms with Crippen molar-refractivity contribution in [3.63, 3.8) is 0 Å². The molecule has 1 aliphatic heterocycles. The predicted molar refractivity (Wildman–Crippen MR) is 77.4 cm³/mol. The van der Waals surface area contributed by atoms with Crippen LogP contribution in [0, 0.1) is 5.41 Å². The van der Waals surface area contributed by atoms with E-state index in [0.29, 0.717) is 13.2 Å². The highest BCUT2D eigenvalue weighted by molar-refractivity contribution is 5.83. The second-order valence-corrected chi connectivity index (χ2v) is 5.89. The summed E-state index contributed by atoms with van der Waals surface area (Å²) in [5, 5.41) is 3.21. The van der Waals surface area contributed by atoms with Crippen molar-refractivity contribution in [3.05, 3.63) is 29.8 Å². The lowest BCUT2D eigenvalue weighted by Gasteiger charge is -2.32. The molecule has 1 fully saturated rings. The van der Waals surface area contributed by atoms with Crippen LogP contribution >= 0.6 is 0 Å². The highest BCUT2D eigenvalue weighted by Gasteiger charge is 2.41. The third-order valence-electron chi connectivity index (χ3n) is 4.70. The van der Waals surface area contributed by atoms with Crippen LogP contribution in [0.2, 0.25) is 0 Å². The minimum Gasteiger partial charge on any atom is -0.493 e. The van der Waals surface area contributed by atoms with Gasteiger partial charge in [0.2, 0.25) is 5.91 Å². The summed E-state index contributed by atoms with van der Waals surface area (Å²) in [7, 11) is 0. The van der Waals surface area contributed by atoms with E-state index in [4.69, 9.17) is 10.5 Å². The fourth-order valence-corrected chi connectivity index (χ4v) is 3.38. The number of amides is 1. The van der Waals surface area contributed by atoms with Crippen molar-refractivity contribution >= 4 is 5.91 Å². The number of fused-ring (bicyclic) bond motifs is 1. The fraction of sp³-hybridized carbons (Fsp3) is 0.562. The molecule has 1 saturated carbocycles. The van der Waals surface area contributed by atoms with Crippen LogP contribution in [0.1, 0.15) is 43.7 Å². The number of nitrogens with one attached hydrogen (secondary N) is 1. The first-order valence-corrected chi connectivity index (χ1v) is 7.48. The van der Waals surface area contributed by atoms with Crippen molar-refractivity contribution < 1.29 is 9.53 Å². The predicted octanol–water partition coefficient (Wildman–Crippen LogP) is 2.15. The van der Waals surface area contributed by atoms with Crippen molar-refractivity contribution in [2.75, 3.05) is 13.2 Å². The van der Waals surface area contributed by atoms with Crippen LogP contribution in [0.3, 0.4) is 0 Å². The third kappa shape index (κ3) is 2.29. The van der Waals surface area contributed by atoms with Crippen LogP contribution in [-0.4, -0.2) is 19.1 Å². The third-order valence-corrected chi connectivity index (χ3v) is 4.70. The Morgan fingerprint density at radius 3 is 2.85 bits per heavy atom. The lowest BCUT2D eigenvalue weighted by Crippen LogP contribution is -2.46. The number of carbonyl (C=O) groups excluding carboxylic acids is 1. The zero-order valence-corrected chi connectivity index (χ0v) is 11.7. The summed E-state index contributed by atoms with van der Waals surface area (Å²) >= 11 is 0. The SMILES string of the molecule is NCC1(C(=O)NC2CCOc3ccccc32)CCCC1. The highest BCUT2D eigenvalue weighted by atomic mass is 16.5. The number of nitrogens with two attached hydrogens (primary N) is 1. The van der Waals surface area contributed by atoms with Crippen molar-refractivity contribution in [1.29, 1.82) is 0 Å². The first-order valence-electron chi connectivity index (χ1n) is 7.48. The molecule has 108 valence electrons. The van der Waals surface area contributed by atoms with Crippen molar-refractivity contribution in [3.8, 4) is 5.75 Å². The largest absolute Gasteiger partial charge is 0.493 e. The van der Waals surface area contributed by atoms with Crippen LogP contribution in [0.5, 0.6) is 5.75 Å². The van der Waals surface area contributed by atoms with E-state index in [2.05, 4.69) is 5.32 Å². The molecule has 0 radical (unpaired) electrons. The number of rotatable bonds is 3. The highest BCUT2D eigenvalue weighted by Crippen LogP contribution is 2.39. The molecule has 2 aliphatic rings. The first-order chi connectivity index (χ1) is 9.75. The van der Waals surface area contributed by atoms with Gasteiger partial charge in [-0.3, -0.25) is 4.79 Å².